The molecule has 1 aromatic carbocycles. The first-order valence-corrected chi connectivity index (χ1v) is 7.74. The zero-order valence-electron chi connectivity index (χ0n) is 11.5. The first kappa shape index (κ1) is 18.3. The summed E-state index contributed by atoms with van der Waals surface area (Å²) >= 11 is 22.7. The van der Waals surface area contributed by atoms with Crippen LogP contribution in [-0.4, -0.2) is 21.0 Å². The van der Waals surface area contributed by atoms with E-state index in [4.69, 9.17) is 47.0 Å². The van der Waals surface area contributed by atoms with E-state index in [1.807, 2.05) is 30.3 Å². The van der Waals surface area contributed by atoms with Gasteiger partial charge in [0.15, 0.2) is 5.11 Å². The monoisotopic (exact) mass is 367 g/mol. The smallest absolute Gasteiger partial charge is 0.228 e. The summed E-state index contributed by atoms with van der Waals surface area (Å²) in [5.41, 5.74) is 0.785. The van der Waals surface area contributed by atoms with Gasteiger partial charge in [-0.25, -0.2) is 0 Å². The van der Waals surface area contributed by atoms with Gasteiger partial charge in [0.2, 0.25) is 9.70 Å². The third-order valence-electron chi connectivity index (χ3n) is 2.45. The van der Waals surface area contributed by atoms with E-state index in [1.165, 1.54) is 0 Å². The van der Waals surface area contributed by atoms with E-state index in [2.05, 4.69) is 16.0 Å². The van der Waals surface area contributed by atoms with Crippen molar-refractivity contribution < 1.29 is 4.79 Å². The highest BCUT2D eigenvalue weighted by molar-refractivity contribution is 7.80. The summed E-state index contributed by atoms with van der Waals surface area (Å²) in [7, 11) is 0. The Morgan fingerprint density at radius 1 is 1.14 bits per heavy atom. The summed E-state index contributed by atoms with van der Waals surface area (Å²) in [6, 6.07) is 9.28. The second-order valence-electron chi connectivity index (χ2n) is 4.60. The summed E-state index contributed by atoms with van der Waals surface area (Å²) < 4.78 is -1.74. The molecule has 0 spiro atoms. The Morgan fingerprint density at radius 2 is 1.71 bits per heavy atom. The molecule has 0 aliphatic heterocycles. The molecule has 0 aromatic heterocycles. The van der Waals surface area contributed by atoms with Crippen LogP contribution in [0.1, 0.15) is 13.8 Å². The highest BCUT2D eigenvalue weighted by atomic mass is 35.6. The van der Waals surface area contributed by atoms with Gasteiger partial charge in [0.05, 0.1) is 0 Å². The van der Waals surface area contributed by atoms with E-state index in [0.717, 1.165) is 5.69 Å². The summed E-state index contributed by atoms with van der Waals surface area (Å²) in [6.07, 6.45) is -0.943. The molecule has 3 N–H and O–H groups in total. The van der Waals surface area contributed by atoms with Gasteiger partial charge < -0.3 is 16.0 Å². The van der Waals surface area contributed by atoms with Crippen LogP contribution in [0.25, 0.3) is 0 Å². The van der Waals surface area contributed by atoms with E-state index in [-0.39, 0.29) is 16.9 Å². The molecule has 0 unspecified atom stereocenters. The lowest BCUT2D eigenvalue weighted by Gasteiger charge is -2.28. The number of carbonyl (C=O) groups is 1. The second kappa shape index (κ2) is 8.03. The standard InChI is InChI=1S/C13H16Cl3N3OS/c1-8(2)10(20)18-11(13(14,15)16)19-12(21)17-9-6-4-3-5-7-9/h3-8,11H,1-2H3,(H,18,20)(H2,17,19,21)/t11-/m1/s1. The first-order chi connectivity index (χ1) is 9.70. The fraction of sp³-hybridized carbons (Fsp3) is 0.385. The Hall–Kier alpha value is -0.750. The van der Waals surface area contributed by atoms with E-state index < -0.39 is 9.96 Å². The third-order valence-corrected chi connectivity index (χ3v) is 3.32. The SMILES string of the molecule is CC(C)C(=O)N[C@H](NC(=S)Nc1ccccc1)C(Cl)(Cl)Cl. The van der Waals surface area contributed by atoms with Crippen LogP contribution in [-0.2, 0) is 4.79 Å². The Balaban J connectivity index is 2.68. The molecule has 4 nitrogen and oxygen atoms in total. The van der Waals surface area contributed by atoms with Gasteiger partial charge in [-0.05, 0) is 24.4 Å². The summed E-state index contributed by atoms with van der Waals surface area (Å²) in [5, 5.41) is 8.56. The largest absolute Gasteiger partial charge is 0.339 e. The lowest BCUT2D eigenvalue weighted by molar-refractivity contribution is -0.124. The van der Waals surface area contributed by atoms with Crippen LogP contribution in [0.2, 0.25) is 0 Å². The van der Waals surface area contributed by atoms with Crippen molar-refractivity contribution in [2.45, 2.75) is 23.8 Å². The molecule has 0 heterocycles. The molecule has 8 heteroatoms. The quantitative estimate of drug-likeness (QED) is 0.433. The number of amides is 1. The Kier molecular flexibility index (Phi) is 7.00. The number of halogens is 3. The highest BCUT2D eigenvalue weighted by Crippen LogP contribution is 2.29. The van der Waals surface area contributed by atoms with E-state index in [0.29, 0.717) is 0 Å². The fourth-order valence-corrected chi connectivity index (χ4v) is 1.89. The first-order valence-electron chi connectivity index (χ1n) is 6.20. The lowest BCUT2D eigenvalue weighted by atomic mass is 10.2. The van der Waals surface area contributed by atoms with Crippen molar-refractivity contribution >= 4 is 63.7 Å². The summed E-state index contributed by atoms with van der Waals surface area (Å²) in [4.78, 5) is 11.7. The highest BCUT2D eigenvalue weighted by Gasteiger charge is 2.35. The van der Waals surface area contributed by atoms with Crippen molar-refractivity contribution in [3.8, 4) is 0 Å². The minimum absolute atomic E-state index is 0.238. The van der Waals surface area contributed by atoms with E-state index >= 15 is 0 Å². The van der Waals surface area contributed by atoms with Crippen molar-refractivity contribution in [2.75, 3.05) is 5.32 Å². The molecule has 0 aliphatic carbocycles. The molecule has 0 saturated carbocycles. The number of rotatable bonds is 4. The predicted octanol–water partition coefficient (Wildman–Crippen LogP) is 3.44. The van der Waals surface area contributed by atoms with E-state index in [9.17, 15) is 4.79 Å². The van der Waals surface area contributed by atoms with Crippen LogP contribution in [0.4, 0.5) is 5.69 Å². The molecule has 0 bridgehead atoms. The molecule has 1 aromatic rings. The number of benzene rings is 1. The average Bonchev–Trinajstić information content (AvgIpc) is 2.37. The number of nitrogens with one attached hydrogen (secondary N) is 3. The number of thiocarbonyl (C=S) groups is 1. The third kappa shape index (κ3) is 6.70. The number of alkyl halides is 3. The van der Waals surface area contributed by atoms with Gasteiger partial charge in [0.25, 0.3) is 0 Å². The molecule has 21 heavy (non-hydrogen) atoms. The maximum Gasteiger partial charge on any atom is 0.228 e. The zero-order chi connectivity index (χ0) is 16.0. The van der Waals surface area contributed by atoms with Crippen LogP contribution in [0, 0.1) is 5.92 Å². The van der Waals surface area contributed by atoms with Gasteiger partial charge >= 0.3 is 0 Å². The maximum absolute atomic E-state index is 11.7. The summed E-state index contributed by atoms with van der Waals surface area (Å²) in [5.74, 6) is -0.487. The number of hydrogen-bond donors (Lipinski definition) is 3. The Morgan fingerprint density at radius 3 is 2.19 bits per heavy atom. The summed E-state index contributed by atoms with van der Waals surface area (Å²) in [6.45, 7) is 3.48. The maximum atomic E-state index is 11.7. The molecular weight excluding hydrogens is 353 g/mol. The van der Waals surface area contributed by atoms with Crippen LogP contribution in [0.5, 0.6) is 0 Å². The number of hydrogen-bond acceptors (Lipinski definition) is 2. The van der Waals surface area contributed by atoms with Crippen LogP contribution in [0.3, 0.4) is 0 Å². The molecule has 0 radical (unpaired) electrons. The number of carbonyl (C=O) groups excluding carboxylic acids is 1. The fourth-order valence-electron chi connectivity index (χ4n) is 1.33. The topological polar surface area (TPSA) is 53.2 Å². The van der Waals surface area contributed by atoms with E-state index in [1.54, 1.807) is 13.8 Å². The van der Waals surface area contributed by atoms with Gasteiger partial charge in [0, 0.05) is 11.6 Å². The average molecular weight is 369 g/mol. The van der Waals surface area contributed by atoms with Gasteiger partial charge in [-0.2, -0.15) is 0 Å². The number of para-hydroxylation sites is 1. The van der Waals surface area contributed by atoms with Crippen molar-refractivity contribution in [1.82, 2.24) is 10.6 Å². The molecule has 1 rings (SSSR count). The Bertz CT molecular complexity index is 491. The molecule has 0 saturated heterocycles. The molecule has 1 atom stereocenters. The van der Waals surface area contributed by atoms with Crippen LogP contribution < -0.4 is 16.0 Å². The second-order valence-corrected chi connectivity index (χ2v) is 7.38. The molecule has 0 fully saturated rings. The van der Waals surface area contributed by atoms with Gasteiger partial charge in [-0.1, -0.05) is 66.8 Å². The minimum Gasteiger partial charge on any atom is -0.339 e. The molecule has 0 aliphatic rings. The van der Waals surface area contributed by atoms with Gasteiger partial charge in [-0.15, -0.1) is 0 Å². The normalized spacial score (nSPS) is 12.7. The van der Waals surface area contributed by atoms with Gasteiger partial charge in [0.1, 0.15) is 6.17 Å². The zero-order valence-corrected chi connectivity index (χ0v) is 14.6. The van der Waals surface area contributed by atoms with Crippen LogP contribution >= 0.6 is 47.0 Å². The van der Waals surface area contributed by atoms with Crippen molar-refractivity contribution in [2.24, 2.45) is 5.92 Å². The van der Waals surface area contributed by atoms with Crippen molar-refractivity contribution in [3.63, 3.8) is 0 Å². The van der Waals surface area contributed by atoms with Crippen molar-refractivity contribution in [1.29, 1.82) is 0 Å². The minimum atomic E-state index is -1.74. The molecular formula is C13H16Cl3N3OS. The molecule has 116 valence electrons. The molecule has 1 amide bonds. The lowest BCUT2D eigenvalue weighted by Crippen LogP contribution is -2.56. The predicted molar refractivity (Wildman–Crippen MR) is 92.9 cm³/mol. The van der Waals surface area contributed by atoms with Crippen molar-refractivity contribution in [3.05, 3.63) is 30.3 Å². The Labute approximate surface area is 144 Å². The van der Waals surface area contributed by atoms with Gasteiger partial charge in [-0.3, -0.25) is 4.79 Å². The number of anilines is 1. The van der Waals surface area contributed by atoms with Crippen LogP contribution in [0.15, 0.2) is 30.3 Å².